The Hall–Kier alpha value is -3.88. The molecule has 0 fully saturated rings. The van der Waals surface area contributed by atoms with Crippen LogP contribution in [0.3, 0.4) is 0 Å². The molecule has 0 bridgehead atoms. The monoisotopic (exact) mass is 398 g/mol. The number of amides is 1. The van der Waals surface area contributed by atoms with E-state index in [0.717, 1.165) is 12.1 Å². The maximum atomic E-state index is 13.8. The number of anilines is 3. The van der Waals surface area contributed by atoms with E-state index in [1.54, 1.807) is 19.1 Å². The highest BCUT2D eigenvalue weighted by molar-refractivity contribution is 6.03. The smallest absolute Gasteiger partial charge is 0.337 e. The number of methoxy groups -OCH3 is 1. The minimum absolute atomic E-state index is 0.0123. The average Bonchev–Trinajstić information content (AvgIpc) is 2.69. The molecule has 0 aliphatic rings. The lowest BCUT2D eigenvalue weighted by Crippen LogP contribution is -2.15. The van der Waals surface area contributed by atoms with Gasteiger partial charge in [0.05, 0.1) is 18.4 Å². The van der Waals surface area contributed by atoms with Gasteiger partial charge in [-0.1, -0.05) is 0 Å². The van der Waals surface area contributed by atoms with E-state index in [9.17, 15) is 18.4 Å². The molecule has 1 amide bonds. The number of carbonyl (C=O) groups is 2. The molecule has 0 aliphatic carbocycles. The molecule has 7 nitrogen and oxygen atoms in total. The van der Waals surface area contributed by atoms with Crippen molar-refractivity contribution >= 4 is 29.2 Å². The predicted octanol–water partition coefficient (Wildman–Crippen LogP) is 3.85. The van der Waals surface area contributed by atoms with Crippen molar-refractivity contribution in [2.24, 2.45) is 0 Å². The molecule has 0 atom stereocenters. The van der Waals surface area contributed by atoms with E-state index in [1.165, 1.54) is 31.4 Å². The van der Waals surface area contributed by atoms with Crippen molar-refractivity contribution in [2.75, 3.05) is 17.7 Å². The quantitative estimate of drug-likeness (QED) is 0.635. The third-order valence-electron chi connectivity index (χ3n) is 3.83. The maximum absolute atomic E-state index is 13.8. The Labute approximate surface area is 164 Å². The molecule has 29 heavy (non-hydrogen) atoms. The van der Waals surface area contributed by atoms with Gasteiger partial charge in [0.15, 0.2) is 0 Å². The summed E-state index contributed by atoms with van der Waals surface area (Å²) in [5.41, 5.74) is 1.27. The topological polar surface area (TPSA) is 93.2 Å². The molecule has 2 aromatic carbocycles. The second-order valence-electron chi connectivity index (χ2n) is 5.99. The number of nitrogens with zero attached hydrogens (tertiary/aromatic N) is 2. The van der Waals surface area contributed by atoms with Gasteiger partial charge in [0.2, 0.25) is 5.95 Å². The van der Waals surface area contributed by atoms with Crippen molar-refractivity contribution in [3.05, 3.63) is 77.1 Å². The third kappa shape index (κ3) is 4.89. The minimum atomic E-state index is -0.813. The molecular formula is C20H16F2N4O3. The second-order valence-corrected chi connectivity index (χ2v) is 5.99. The van der Waals surface area contributed by atoms with Crippen LogP contribution in [0.4, 0.5) is 26.1 Å². The van der Waals surface area contributed by atoms with Gasteiger partial charge in [-0.2, -0.15) is 0 Å². The van der Waals surface area contributed by atoms with Crippen LogP contribution >= 0.6 is 0 Å². The number of halogens is 2. The van der Waals surface area contributed by atoms with Crippen molar-refractivity contribution in [1.29, 1.82) is 0 Å². The number of benzene rings is 2. The average molecular weight is 398 g/mol. The number of aromatic nitrogens is 2. The van der Waals surface area contributed by atoms with Crippen molar-refractivity contribution in [3.8, 4) is 0 Å². The molecule has 3 aromatic rings. The van der Waals surface area contributed by atoms with Gasteiger partial charge in [-0.3, -0.25) is 4.79 Å². The van der Waals surface area contributed by atoms with E-state index in [0.29, 0.717) is 16.9 Å². The first-order chi connectivity index (χ1) is 13.9. The lowest BCUT2D eigenvalue weighted by atomic mass is 10.2. The Bertz CT molecular complexity index is 1070. The summed E-state index contributed by atoms with van der Waals surface area (Å²) in [6.07, 6.45) is 0. The first-order valence-electron chi connectivity index (χ1n) is 8.43. The van der Waals surface area contributed by atoms with Gasteiger partial charge in [-0.25, -0.2) is 23.5 Å². The molecule has 1 aromatic heterocycles. The summed E-state index contributed by atoms with van der Waals surface area (Å²) in [5, 5.41) is 5.28. The Kier molecular flexibility index (Phi) is 5.77. The van der Waals surface area contributed by atoms with E-state index in [2.05, 4.69) is 25.3 Å². The molecule has 0 saturated carbocycles. The van der Waals surface area contributed by atoms with Gasteiger partial charge in [-0.15, -0.1) is 0 Å². The standard InChI is InChI=1S/C20H16F2N4O3/c1-11-9-17(18(27)24-14-6-3-12(4-7-14)19(28)29-2)26-20(23-11)25-16-8-5-13(21)10-15(16)22/h3-10H,1-2H3,(H,24,27)(H,23,25,26). The van der Waals surface area contributed by atoms with Crippen LogP contribution in [0.15, 0.2) is 48.5 Å². The summed E-state index contributed by atoms with van der Waals surface area (Å²) in [5.74, 6) is -2.55. The molecule has 2 N–H and O–H groups in total. The van der Waals surface area contributed by atoms with Gasteiger partial charge in [0, 0.05) is 17.4 Å². The molecule has 9 heteroatoms. The van der Waals surface area contributed by atoms with Crippen LogP contribution in [-0.4, -0.2) is 29.0 Å². The van der Waals surface area contributed by atoms with E-state index in [-0.39, 0.29) is 17.3 Å². The number of esters is 1. The molecule has 3 rings (SSSR count). The minimum Gasteiger partial charge on any atom is -0.465 e. The van der Waals surface area contributed by atoms with Crippen LogP contribution in [-0.2, 0) is 4.74 Å². The van der Waals surface area contributed by atoms with Crippen LogP contribution in [0.5, 0.6) is 0 Å². The van der Waals surface area contributed by atoms with E-state index in [4.69, 9.17) is 0 Å². The Morgan fingerprint density at radius 1 is 1.00 bits per heavy atom. The fourth-order valence-corrected chi connectivity index (χ4v) is 2.45. The summed E-state index contributed by atoms with van der Waals surface area (Å²) in [6, 6.07) is 10.6. The van der Waals surface area contributed by atoms with Gasteiger partial charge in [0.25, 0.3) is 5.91 Å². The number of carbonyl (C=O) groups excluding carboxylic acids is 2. The first kappa shape index (κ1) is 19.9. The number of nitrogens with one attached hydrogen (secondary N) is 2. The highest BCUT2D eigenvalue weighted by atomic mass is 19.1. The molecular weight excluding hydrogens is 382 g/mol. The number of hydrogen-bond donors (Lipinski definition) is 2. The zero-order valence-electron chi connectivity index (χ0n) is 15.5. The normalized spacial score (nSPS) is 10.3. The van der Waals surface area contributed by atoms with Crippen molar-refractivity contribution in [2.45, 2.75) is 6.92 Å². The number of rotatable bonds is 5. The van der Waals surface area contributed by atoms with Crippen LogP contribution in [0.2, 0.25) is 0 Å². The van der Waals surface area contributed by atoms with Crippen LogP contribution in [0.1, 0.15) is 26.5 Å². The Morgan fingerprint density at radius 3 is 2.38 bits per heavy atom. The van der Waals surface area contributed by atoms with Crippen molar-refractivity contribution < 1.29 is 23.1 Å². The summed E-state index contributed by atoms with van der Waals surface area (Å²) >= 11 is 0. The fourth-order valence-electron chi connectivity index (χ4n) is 2.45. The van der Waals surface area contributed by atoms with Gasteiger partial charge in [-0.05, 0) is 49.4 Å². The Morgan fingerprint density at radius 2 is 1.72 bits per heavy atom. The van der Waals surface area contributed by atoms with Crippen LogP contribution in [0, 0.1) is 18.6 Å². The van der Waals surface area contributed by atoms with E-state index in [1.807, 2.05) is 0 Å². The van der Waals surface area contributed by atoms with E-state index >= 15 is 0 Å². The lowest BCUT2D eigenvalue weighted by molar-refractivity contribution is 0.0600. The van der Waals surface area contributed by atoms with Gasteiger partial charge < -0.3 is 15.4 Å². The molecule has 148 valence electrons. The summed E-state index contributed by atoms with van der Waals surface area (Å²) in [6.45, 7) is 1.65. The lowest BCUT2D eigenvalue weighted by Gasteiger charge is -2.10. The van der Waals surface area contributed by atoms with Gasteiger partial charge >= 0.3 is 5.97 Å². The van der Waals surface area contributed by atoms with E-state index < -0.39 is 23.5 Å². The molecule has 1 heterocycles. The first-order valence-corrected chi connectivity index (χ1v) is 8.43. The second kappa shape index (κ2) is 8.42. The Balaban J connectivity index is 1.78. The van der Waals surface area contributed by atoms with Crippen LogP contribution in [0.25, 0.3) is 0 Å². The number of aryl methyl sites for hydroxylation is 1. The zero-order valence-corrected chi connectivity index (χ0v) is 15.5. The predicted molar refractivity (Wildman–Crippen MR) is 102 cm³/mol. The SMILES string of the molecule is COC(=O)c1ccc(NC(=O)c2cc(C)nc(Nc3ccc(F)cc3F)n2)cc1. The number of ether oxygens (including phenoxy) is 1. The van der Waals surface area contributed by atoms with Crippen molar-refractivity contribution in [3.63, 3.8) is 0 Å². The maximum Gasteiger partial charge on any atom is 0.337 e. The summed E-state index contributed by atoms with van der Waals surface area (Å²) < 4.78 is 31.5. The molecule has 0 aliphatic heterocycles. The van der Waals surface area contributed by atoms with Crippen molar-refractivity contribution in [1.82, 2.24) is 9.97 Å². The summed E-state index contributed by atoms with van der Waals surface area (Å²) in [4.78, 5) is 32.2. The zero-order chi connectivity index (χ0) is 21.0. The highest BCUT2D eigenvalue weighted by Gasteiger charge is 2.13. The van der Waals surface area contributed by atoms with Gasteiger partial charge in [0.1, 0.15) is 17.3 Å². The third-order valence-corrected chi connectivity index (χ3v) is 3.83. The molecule has 0 radical (unpaired) electrons. The number of hydrogen-bond acceptors (Lipinski definition) is 6. The molecule has 0 unspecified atom stereocenters. The highest BCUT2D eigenvalue weighted by Crippen LogP contribution is 2.19. The fraction of sp³-hybridized carbons (Fsp3) is 0.100. The largest absolute Gasteiger partial charge is 0.465 e. The summed E-state index contributed by atoms with van der Waals surface area (Å²) in [7, 11) is 1.28. The molecule has 0 spiro atoms. The van der Waals surface area contributed by atoms with Crippen LogP contribution < -0.4 is 10.6 Å². The molecule has 0 saturated heterocycles.